The summed E-state index contributed by atoms with van der Waals surface area (Å²) in [6, 6.07) is 0. The van der Waals surface area contributed by atoms with Gasteiger partial charge < -0.3 is 4.74 Å². The molecule has 1 fully saturated rings. The van der Waals surface area contributed by atoms with Crippen molar-refractivity contribution < 1.29 is 4.74 Å². The average molecular weight is 139 g/mol. The Morgan fingerprint density at radius 2 is 2.40 bits per heavy atom. The van der Waals surface area contributed by atoms with Gasteiger partial charge in [0.25, 0.3) is 0 Å². The zero-order valence-electron chi connectivity index (χ0n) is 6.55. The van der Waals surface area contributed by atoms with E-state index in [4.69, 9.17) is 11.2 Å². The minimum Gasteiger partial charge on any atom is -0.364 e. The normalized spacial score (nSPS) is 24.5. The Kier molecular flexibility index (Phi) is 1.98. The van der Waals surface area contributed by atoms with Gasteiger partial charge in [-0.25, -0.2) is 0 Å². The lowest BCUT2D eigenvalue weighted by atomic mass is 10.1. The molecule has 0 aromatic rings. The Balaban J connectivity index is 2.53. The summed E-state index contributed by atoms with van der Waals surface area (Å²) in [5, 5.41) is 0. The van der Waals surface area contributed by atoms with E-state index in [-0.39, 0.29) is 5.54 Å². The lowest BCUT2D eigenvalue weighted by Gasteiger charge is -2.26. The molecule has 0 aromatic carbocycles. The van der Waals surface area contributed by atoms with Crippen LogP contribution in [0.3, 0.4) is 0 Å². The van der Waals surface area contributed by atoms with Crippen LogP contribution < -0.4 is 0 Å². The van der Waals surface area contributed by atoms with E-state index >= 15 is 0 Å². The molecule has 1 saturated heterocycles. The summed E-state index contributed by atoms with van der Waals surface area (Å²) >= 11 is 0. The highest BCUT2D eigenvalue weighted by Gasteiger charge is 2.31. The van der Waals surface area contributed by atoms with Crippen molar-refractivity contribution in [2.75, 3.05) is 19.9 Å². The summed E-state index contributed by atoms with van der Waals surface area (Å²) in [5.41, 5.74) is 0.131. The molecule has 1 aliphatic heterocycles. The third-order valence-electron chi connectivity index (χ3n) is 1.84. The lowest BCUT2D eigenvalue weighted by molar-refractivity contribution is 0.143. The fraction of sp³-hybridized carbons (Fsp3) is 0.750. The molecule has 2 heteroatoms. The molecule has 0 atom stereocenters. The second-order valence-corrected chi connectivity index (χ2v) is 3.19. The summed E-state index contributed by atoms with van der Waals surface area (Å²) < 4.78 is 5.26. The molecule has 0 unspecified atom stereocenters. The van der Waals surface area contributed by atoms with E-state index in [1.54, 1.807) is 0 Å². The van der Waals surface area contributed by atoms with Gasteiger partial charge in [0.05, 0.1) is 13.2 Å². The Morgan fingerprint density at radius 3 is 2.80 bits per heavy atom. The van der Waals surface area contributed by atoms with Crippen molar-refractivity contribution in [2.24, 2.45) is 0 Å². The first kappa shape index (κ1) is 7.59. The SMILES string of the molecule is C#CCN1COCC1(C)C. The van der Waals surface area contributed by atoms with E-state index < -0.39 is 0 Å². The number of hydrogen-bond donors (Lipinski definition) is 0. The van der Waals surface area contributed by atoms with Gasteiger partial charge in [0.2, 0.25) is 0 Å². The van der Waals surface area contributed by atoms with Gasteiger partial charge in [-0.15, -0.1) is 6.42 Å². The first-order valence-electron chi connectivity index (χ1n) is 3.43. The van der Waals surface area contributed by atoms with E-state index in [0.29, 0.717) is 13.3 Å². The molecule has 2 nitrogen and oxygen atoms in total. The number of terminal acetylenes is 1. The third-order valence-corrected chi connectivity index (χ3v) is 1.84. The van der Waals surface area contributed by atoms with Crippen LogP contribution >= 0.6 is 0 Å². The van der Waals surface area contributed by atoms with Crippen molar-refractivity contribution >= 4 is 0 Å². The van der Waals surface area contributed by atoms with Crippen LogP contribution in [0.25, 0.3) is 0 Å². The van der Waals surface area contributed by atoms with Crippen LogP contribution in [0, 0.1) is 12.3 Å². The van der Waals surface area contributed by atoms with Crippen LogP contribution in [-0.2, 0) is 4.74 Å². The highest BCUT2D eigenvalue weighted by atomic mass is 16.5. The Morgan fingerprint density at radius 1 is 1.70 bits per heavy atom. The first-order valence-corrected chi connectivity index (χ1v) is 3.43. The monoisotopic (exact) mass is 139 g/mol. The molecule has 0 bridgehead atoms. The summed E-state index contributed by atoms with van der Waals surface area (Å²) in [4.78, 5) is 2.15. The minimum absolute atomic E-state index is 0.131. The maximum absolute atomic E-state index is 5.26. The van der Waals surface area contributed by atoms with Crippen LogP contribution in [-0.4, -0.2) is 30.3 Å². The lowest BCUT2D eigenvalue weighted by Crippen LogP contribution is -2.40. The predicted octanol–water partition coefficient (Wildman–Crippen LogP) is 0.688. The molecule has 0 N–H and O–H groups in total. The largest absolute Gasteiger partial charge is 0.364 e. The quantitative estimate of drug-likeness (QED) is 0.495. The zero-order chi connectivity index (χ0) is 7.61. The second kappa shape index (κ2) is 2.61. The first-order chi connectivity index (χ1) is 4.67. The standard InChI is InChI=1S/C8H13NO/c1-4-5-9-7-10-6-8(9,2)3/h1H,5-7H2,2-3H3. The van der Waals surface area contributed by atoms with Gasteiger partial charge in [0.15, 0.2) is 0 Å². The molecule has 1 heterocycles. The smallest absolute Gasteiger partial charge is 0.100 e. The number of ether oxygens (including phenoxy) is 1. The summed E-state index contributed by atoms with van der Waals surface area (Å²) in [6.45, 7) is 6.42. The molecular weight excluding hydrogens is 126 g/mol. The van der Waals surface area contributed by atoms with E-state index in [0.717, 1.165) is 6.61 Å². The van der Waals surface area contributed by atoms with Gasteiger partial charge in [-0.2, -0.15) is 0 Å². The van der Waals surface area contributed by atoms with Gasteiger partial charge in [0, 0.05) is 5.54 Å². The third kappa shape index (κ3) is 1.31. The van der Waals surface area contributed by atoms with Gasteiger partial charge >= 0.3 is 0 Å². The Bertz CT molecular complexity index is 157. The van der Waals surface area contributed by atoms with Crippen LogP contribution in [0.15, 0.2) is 0 Å². The highest BCUT2D eigenvalue weighted by molar-refractivity contribution is 4.94. The molecule has 0 saturated carbocycles. The molecule has 0 aromatic heterocycles. The van der Waals surface area contributed by atoms with Crippen molar-refractivity contribution in [2.45, 2.75) is 19.4 Å². The summed E-state index contributed by atoms with van der Waals surface area (Å²) in [5.74, 6) is 2.61. The molecular formula is C8H13NO. The van der Waals surface area contributed by atoms with Gasteiger partial charge in [-0.1, -0.05) is 5.92 Å². The van der Waals surface area contributed by atoms with E-state index in [2.05, 4.69) is 24.7 Å². The van der Waals surface area contributed by atoms with Crippen molar-refractivity contribution in [1.29, 1.82) is 0 Å². The highest BCUT2D eigenvalue weighted by Crippen LogP contribution is 2.19. The summed E-state index contributed by atoms with van der Waals surface area (Å²) in [6.07, 6.45) is 5.18. The van der Waals surface area contributed by atoms with Crippen molar-refractivity contribution in [1.82, 2.24) is 4.90 Å². The Hall–Kier alpha value is -0.520. The minimum atomic E-state index is 0.131. The van der Waals surface area contributed by atoms with E-state index in [9.17, 15) is 0 Å². The maximum atomic E-state index is 5.26. The molecule has 0 radical (unpaired) electrons. The molecule has 0 spiro atoms. The van der Waals surface area contributed by atoms with Crippen molar-refractivity contribution in [3.8, 4) is 12.3 Å². The van der Waals surface area contributed by atoms with Crippen molar-refractivity contribution in [3.05, 3.63) is 0 Å². The number of hydrogen-bond acceptors (Lipinski definition) is 2. The fourth-order valence-electron chi connectivity index (χ4n) is 1.04. The maximum Gasteiger partial charge on any atom is 0.100 e. The molecule has 10 heavy (non-hydrogen) atoms. The zero-order valence-corrected chi connectivity index (χ0v) is 6.55. The van der Waals surface area contributed by atoms with E-state index in [1.807, 2.05) is 0 Å². The second-order valence-electron chi connectivity index (χ2n) is 3.19. The van der Waals surface area contributed by atoms with Crippen LogP contribution in [0.5, 0.6) is 0 Å². The topological polar surface area (TPSA) is 12.5 Å². The number of nitrogens with zero attached hydrogens (tertiary/aromatic N) is 1. The molecule has 56 valence electrons. The van der Waals surface area contributed by atoms with Gasteiger partial charge in [-0.05, 0) is 13.8 Å². The van der Waals surface area contributed by atoms with E-state index in [1.165, 1.54) is 0 Å². The molecule has 0 aliphatic carbocycles. The molecule has 1 rings (SSSR count). The van der Waals surface area contributed by atoms with Crippen LogP contribution in [0.2, 0.25) is 0 Å². The molecule has 0 amide bonds. The predicted molar refractivity (Wildman–Crippen MR) is 40.4 cm³/mol. The summed E-state index contributed by atoms with van der Waals surface area (Å²) in [7, 11) is 0. The Labute approximate surface area is 62.2 Å². The average Bonchev–Trinajstić information content (AvgIpc) is 2.13. The number of rotatable bonds is 1. The van der Waals surface area contributed by atoms with Gasteiger partial charge in [-0.3, -0.25) is 4.90 Å². The van der Waals surface area contributed by atoms with Crippen molar-refractivity contribution in [3.63, 3.8) is 0 Å². The van der Waals surface area contributed by atoms with Gasteiger partial charge in [0.1, 0.15) is 6.73 Å². The molecule has 1 aliphatic rings. The van der Waals surface area contributed by atoms with Crippen LogP contribution in [0.4, 0.5) is 0 Å². The fourth-order valence-corrected chi connectivity index (χ4v) is 1.04. The van der Waals surface area contributed by atoms with Crippen LogP contribution in [0.1, 0.15) is 13.8 Å².